The molecule has 2 aliphatic heterocycles. The van der Waals surface area contributed by atoms with Crippen molar-refractivity contribution in [3.63, 3.8) is 0 Å². The number of nitrogens with zero attached hydrogens (tertiary/aromatic N) is 2. The van der Waals surface area contributed by atoms with Crippen molar-refractivity contribution < 1.29 is 19.0 Å². The number of carbonyl (C=O) groups is 1. The summed E-state index contributed by atoms with van der Waals surface area (Å²) in [7, 11) is 0. The normalized spacial score (nSPS) is 17.6. The van der Waals surface area contributed by atoms with E-state index in [1.807, 2.05) is 18.2 Å². The fourth-order valence-electron chi connectivity index (χ4n) is 3.92. The highest BCUT2D eigenvalue weighted by Crippen LogP contribution is 2.34. The molecule has 0 bridgehead atoms. The molecule has 1 unspecified atom stereocenters. The van der Waals surface area contributed by atoms with Crippen molar-refractivity contribution in [1.82, 2.24) is 4.98 Å². The van der Waals surface area contributed by atoms with Crippen molar-refractivity contribution in [3.05, 3.63) is 53.6 Å². The Morgan fingerprint density at radius 2 is 2.16 bits per heavy atom. The van der Waals surface area contributed by atoms with E-state index in [-0.39, 0.29) is 18.8 Å². The summed E-state index contributed by atoms with van der Waals surface area (Å²) in [5, 5.41) is 0.715. The smallest absolute Gasteiger partial charge is 0.252 e. The van der Waals surface area contributed by atoms with Gasteiger partial charge in [0, 0.05) is 12.7 Å². The first-order chi connectivity index (χ1) is 15.2. The van der Waals surface area contributed by atoms with E-state index in [0.29, 0.717) is 17.4 Å². The van der Waals surface area contributed by atoms with E-state index in [4.69, 9.17) is 19.2 Å². The molecule has 2 aliphatic rings. The molecule has 0 radical (unpaired) electrons. The van der Waals surface area contributed by atoms with Gasteiger partial charge >= 0.3 is 0 Å². The van der Waals surface area contributed by atoms with E-state index in [1.54, 1.807) is 28.4 Å². The maximum Gasteiger partial charge on any atom is 0.252 e. The molecule has 2 aromatic carbocycles. The molecule has 1 atom stereocenters. The van der Waals surface area contributed by atoms with Gasteiger partial charge in [-0.25, -0.2) is 4.98 Å². The van der Waals surface area contributed by atoms with Gasteiger partial charge in [0.1, 0.15) is 0 Å². The van der Waals surface area contributed by atoms with Crippen molar-refractivity contribution in [2.75, 3.05) is 24.8 Å². The Bertz CT molecular complexity index is 1130. The number of thiazole rings is 1. The number of hydrogen-bond acceptors (Lipinski definition) is 6. The van der Waals surface area contributed by atoms with E-state index >= 15 is 0 Å². The molecular formula is C24H24N2O4S. The summed E-state index contributed by atoms with van der Waals surface area (Å²) in [4.78, 5) is 19.9. The molecule has 5 rings (SSSR count). The third kappa shape index (κ3) is 4.16. The van der Waals surface area contributed by atoms with Crippen LogP contribution in [0.2, 0.25) is 0 Å². The van der Waals surface area contributed by atoms with Crippen LogP contribution in [0.4, 0.5) is 5.13 Å². The lowest BCUT2D eigenvalue weighted by Gasteiger charge is -2.21. The van der Waals surface area contributed by atoms with Gasteiger partial charge in [-0.2, -0.15) is 0 Å². The summed E-state index contributed by atoms with van der Waals surface area (Å²) in [5.74, 6) is 1.32. The number of rotatable bonds is 6. The van der Waals surface area contributed by atoms with E-state index in [9.17, 15) is 4.79 Å². The van der Waals surface area contributed by atoms with Crippen molar-refractivity contribution in [1.29, 1.82) is 0 Å². The largest absolute Gasteiger partial charge is 0.454 e. The van der Waals surface area contributed by atoms with Crippen LogP contribution in [-0.2, 0) is 16.0 Å². The molecular weight excluding hydrogens is 412 g/mol. The SMILES string of the molecule is CCc1cccc2sc(N(CC3CCCO3)C(=O)/C=C/c3ccc4c(c3)OCO4)nc12. The minimum Gasteiger partial charge on any atom is -0.454 e. The van der Waals surface area contributed by atoms with Gasteiger partial charge in [0.05, 0.1) is 22.9 Å². The maximum absolute atomic E-state index is 13.3. The second kappa shape index (κ2) is 8.69. The predicted octanol–water partition coefficient (Wildman–Crippen LogP) is 4.81. The Labute approximate surface area is 185 Å². The van der Waals surface area contributed by atoms with Crippen molar-refractivity contribution in [2.45, 2.75) is 32.3 Å². The van der Waals surface area contributed by atoms with Gasteiger partial charge in [-0.05, 0) is 54.7 Å². The third-order valence-electron chi connectivity index (χ3n) is 5.59. The molecule has 0 saturated carbocycles. The monoisotopic (exact) mass is 436 g/mol. The molecule has 7 heteroatoms. The molecule has 31 heavy (non-hydrogen) atoms. The summed E-state index contributed by atoms with van der Waals surface area (Å²) >= 11 is 1.55. The van der Waals surface area contributed by atoms with Crippen LogP contribution in [0, 0.1) is 0 Å². The number of hydrogen-bond donors (Lipinski definition) is 0. The first kappa shape index (κ1) is 20.0. The number of anilines is 1. The van der Waals surface area contributed by atoms with E-state index in [0.717, 1.165) is 47.4 Å². The van der Waals surface area contributed by atoms with Gasteiger partial charge in [-0.15, -0.1) is 0 Å². The molecule has 0 aliphatic carbocycles. The molecule has 3 aromatic rings. The second-order valence-corrected chi connectivity index (χ2v) is 8.65. The second-order valence-electron chi connectivity index (χ2n) is 7.64. The first-order valence-corrected chi connectivity index (χ1v) is 11.4. The van der Waals surface area contributed by atoms with Gasteiger partial charge < -0.3 is 14.2 Å². The number of fused-ring (bicyclic) bond motifs is 2. The minimum absolute atomic E-state index is 0.0422. The molecule has 160 valence electrons. The van der Waals surface area contributed by atoms with Crippen LogP contribution >= 0.6 is 11.3 Å². The summed E-state index contributed by atoms with van der Waals surface area (Å²) < 4.78 is 17.7. The average molecular weight is 437 g/mol. The number of benzene rings is 2. The summed E-state index contributed by atoms with van der Waals surface area (Å²) in [6.07, 6.45) is 6.34. The van der Waals surface area contributed by atoms with Crippen LogP contribution in [0.3, 0.4) is 0 Å². The molecule has 0 N–H and O–H groups in total. The lowest BCUT2D eigenvalue weighted by Crippen LogP contribution is -2.36. The Kier molecular flexibility index (Phi) is 5.61. The van der Waals surface area contributed by atoms with Crippen molar-refractivity contribution in [2.24, 2.45) is 0 Å². The van der Waals surface area contributed by atoms with Crippen molar-refractivity contribution in [3.8, 4) is 11.5 Å². The Morgan fingerprint density at radius 3 is 3.00 bits per heavy atom. The summed E-state index contributed by atoms with van der Waals surface area (Å²) in [5.41, 5.74) is 3.06. The van der Waals surface area contributed by atoms with E-state index in [1.165, 1.54) is 5.56 Å². The van der Waals surface area contributed by atoms with E-state index < -0.39 is 0 Å². The third-order valence-corrected chi connectivity index (χ3v) is 6.64. The zero-order valence-corrected chi connectivity index (χ0v) is 18.2. The van der Waals surface area contributed by atoms with Crippen LogP contribution in [-0.4, -0.2) is 36.9 Å². The number of ether oxygens (including phenoxy) is 3. The number of para-hydroxylation sites is 1. The number of amides is 1. The van der Waals surface area contributed by atoms with Gasteiger partial charge in [-0.1, -0.05) is 36.5 Å². The minimum atomic E-state index is -0.106. The zero-order valence-electron chi connectivity index (χ0n) is 17.4. The van der Waals surface area contributed by atoms with Gasteiger partial charge in [-0.3, -0.25) is 9.69 Å². The number of aryl methyl sites for hydroxylation is 1. The zero-order chi connectivity index (χ0) is 21.2. The average Bonchev–Trinajstić information content (AvgIpc) is 3.55. The molecule has 1 aromatic heterocycles. The highest BCUT2D eigenvalue weighted by Gasteiger charge is 2.25. The molecule has 1 fully saturated rings. The summed E-state index contributed by atoms with van der Waals surface area (Å²) in [6.45, 7) is 3.61. The quantitative estimate of drug-likeness (QED) is 0.519. The number of carbonyl (C=O) groups excluding carboxylic acids is 1. The maximum atomic E-state index is 13.3. The van der Waals surface area contributed by atoms with Crippen LogP contribution in [0.1, 0.15) is 30.9 Å². The molecule has 3 heterocycles. The molecule has 0 spiro atoms. The van der Waals surface area contributed by atoms with E-state index in [2.05, 4.69) is 25.1 Å². The van der Waals surface area contributed by atoms with Crippen LogP contribution in [0.5, 0.6) is 11.5 Å². The van der Waals surface area contributed by atoms with Gasteiger partial charge in [0.2, 0.25) is 6.79 Å². The van der Waals surface area contributed by atoms with Crippen LogP contribution in [0.15, 0.2) is 42.5 Å². The first-order valence-electron chi connectivity index (χ1n) is 10.6. The van der Waals surface area contributed by atoms with Crippen LogP contribution in [0.25, 0.3) is 16.3 Å². The standard InChI is InChI=1S/C24H24N2O4S/c1-2-17-5-3-7-21-23(17)25-24(31-21)26(14-18-6-4-12-28-18)22(27)11-9-16-8-10-19-20(13-16)30-15-29-19/h3,5,7-11,13,18H,2,4,6,12,14-15H2,1H3/b11-9+. The Morgan fingerprint density at radius 1 is 1.26 bits per heavy atom. The fourth-order valence-corrected chi connectivity index (χ4v) is 4.95. The fraction of sp³-hybridized carbons (Fsp3) is 0.333. The topological polar surface area (TPSA) is 60.9 Å². The van der Waals surface area contributed by atoms with Crippen LogP contribution < -0.4 is 14.4 Å². The molecule has 1 amide bonds. The molecule has 1 saturated heterocycles. The Balaban J connectivity index is 1.43. The van der Waals surface area contributed by atoms with Gasteiger partial charge in [0.15, 0.2) is 16.6 Å². The lowest BCUT2D eigenvalue weighted by molar-refractivity contribution is -0.114. The van der Waals surface area contributed by atoms with Gasteiger partial charge in [0.25, 0.3) is 5.91 Å². The lowest BCUT2D eigenvalue weighted by atomic mass is 10.1. The summed E-state index contributed by atoms with van der Waals surface area (Å²) in [6, 6.07) is 11.9. The Hall–Kier alpha value is -2.90. The molecule has 6 nitrogen and oxygen atoms in total. The number of aromatic nitrogens is 1. The highest BCUT2D eigenvalue weighted by atomic mass is 32.1. The van der Waals surface area contributed by atoms with Crippen molar-refractivity contribution >= 4 is 38.7 Å². The highest BCUT2D eigenvalue weighted by molar-refractivity contribution is 7.22. The predicted molar refractivity (Wildman–Crippen MR) is 122 cm³/mol.